The van der Waals surface area contributed by atoms with Gasteiger partial charge in [-0.3, -0.25) is 14.4 Å². The molecule has 94 valence electrons. The largest absolute Gasteiger partial charge is 0.338 e. The molecule has 1 aromatic heterocycles. The molecule has 0 spiro atoms. The summed E-state index contributed by atoms with van der Waals surface area (Å²) >= 11 is 0. The molecular formula is C12H13N3O3. The summed E-state index contributed by atoms with van der Waals surface area (Å²) in [6.45, 7) is 0. The smallest absolute Gasteiger partial charge is 0.313 e. The van der Waals surface area contributed by atoms with Crippen LogP contribution in [0.15, 0.2) is 38.6 Å². The lowest BCUT2D eigenvalue weighted by Gasteiger charge is -2.11. The summed E-state index contributed by atoms with van der Waals surface area (Å²) < 4.78 is 2.03. The highest BCUT2D eigenvalue weighted by molar-refractivity contribution is 5.77. The van der Waals surface area contributed by atoms with Crippen LogP contribution in [0.25, 0.3) is 10.9 Å². The Bertz CT molecular complexity index is 787. The Kier molecular flexibility index (Phi) is 2.78. The minimum atomic E-state index is -0.858. The highest BCUT2D eigenvalue weighted by atomic mass is 16.2. The van der Waals surface area contributed by atoms with E-state index < -0.39 is 16.7 Å². The fourth-order valence-corrected chi connectivity index (χ4v) is 1.86. The van der Waals surface area contributed by atoms with Gasteiger partial charge in [-0.1, -0.05) is 12.1 Å². The Balaban J connectivity index is 3.28. The molecule has 0 fully saturated rings. The zero-order valence-electron chi connectivity index (χ0n) is 10.4. The first-order valence-electron chi connectivity index (χ1n) is 5.38. The average Bonchev–Trinajstić information content (AvgIpc) is 2.41. The minimum Gasteiger partial charge on any atom is -0.313 e. The zero-order chi connectivity index (χ0) is 13.4. The van der Waals surface area contributed by atoms with Crippen molar-refractivity contribution in [1.29, 1.82) is 0 Å². The van der Waals surface area contributed by atoms with Gasteiger partial charge in [-0.05, 0) is 12.1 Å². The van der Waals surface area contributed by atoms with Crippen molar-refractivity contribution in [1.82, 2.24) is 9.24 Å². The molecule has 1 aromatic carbocycles. The van der Waals surface area contributed by atoms with Crippen LogP contribution in [0.3, 0.4) is 0 Å². The fraction of sp³-hybridized carbons (Fsp3) is 0.250. The normalized spacial score (nSPS) is 10.6. The molecule has 0 N–H and O–H groups in total. The lowest BCUT2D eigenvalue weighted by atomic mass is 10.2. The first-order valence-corrected chi connectivity index (χ1v) is 5.38. The maximum Gasteiger partial charge on any atom is 0.338 e. The summed E-state index contributed by atoms with van der Waals surface area (Å²) in [5.41, 5.74) is -1.66. The zero-order valence-corrected chi connectivity index (χ0v) is 10.4. The SMILES string of the molecule is CN(C)n1c(=O)c(=O)n(C)c2ccccc2c1=O. The maximum atomic E-state index is 12.3. The third-order valence-electron chi connectivity index (χ3n) is 2.77. The van der Waals surface area contributed by atoms with Gasteiger partial charge >= 0.3 is 11.1 Å². The Morgan fingerprint density at radius 1 is 0.944 bits per heavy atom. The quantitative estimate of drug-likeness (QED) is 0.622. The van der Waals surface area contributed by atoms with Crippen molar-refractivity contribution in [3.8, 4) is 0 Å². The summed E-state index contributed by atoms with van der Waals surface area (Å²) in [6.07, 6.45) is 0. The monoisotopic (exact) mass is 247 g/mol. The van der Waals surface area contributed by atoms with E-state index in [0.717, 1.165) is 4.68 Å². The standard InChI is InChI=1S/C12H13N3O3/c1-13(2)15-10(16)8-6-4-5-7-9(8)14(3)11(17)12(15)18/h4-7H,1-3H3. The molecule has 1 heterocycles. The van der Waals surface area contributed by atoms with Gasteiger partial charge in [-0.2, -0.15) is 4.68 Å². The van der Waals surface area contributed by atoms with Crippen molar-refractivity contribution >= 4 is 10.9 Å². The lowest BCUT2D eigenvalue weighted by Crippen LogP contribution is -2.49. The molecule has 6 nitrogen and oxygen atoms in total. The predicted molar refractivity (Wildman–Crippen MR) is 69.8 cm³/mol. The Hall–Kier alpha value is -2.37. The number of rotatable bonds is 1. The van der Waals surface area contributed by atoms with Crippen LogP contribution < -0.4 is 21.7 Å². The minimum absolute atomic E-state index is 0.327. The van der Waals surface area contributed by atoms with Crippen LogP contribution in [0, 0.1) is 0 Å². The molecule has 0 saturated heterocycles. The van der Waals surface area contributed by atoms with Gasteiger partial charge in [0, 0.05) is 21.1 Å². The number of fused-ring (bicyclic) bond motifs is 1. The van der Waals surface area contributed by atoms with Crippen molar-refractivity contribution in [2.75, 3.05) is 19.1 Å². The number of para-hydroxylation sites is 1. The lowest BCUT2D eigenvalue weighted by molar-refractivity contribution is 0.672. The first-order chi connectivity index (χ1) is 8.45. The molecule has 6 heteroatoms. The topological polar surface area (TPSA) is 64.3 Å². The van der Waals surface area contributed by atoms with E-state index in [4.69, 9.17) is 0 Å². The summed E-state index contributed by atoms with van der Waals surface area (Å²) in [7, 11) is 4.56. The van der Waals surface area contributed by atoms with Gasteiger partial charge in [0.1, 0.15) is 0 Å². The van der Waals surface area contributed by atoms with Crippen LogP contribution in [0.2, 0.25) is 0 Å². The van der Waals surface area contributed by atoms with E-state index in [-0.39, 0.29) is 0 Å². The molecular weight excluding hydrogens is 234 g/mol. The average molecular weight is 247 g/mol. The Morgan fingerprint density at radius 3 is 2.17 bits per heavy atom. The molecule has 0 bridgehead atoms. The van der Waals surface area contributed by atoms with Crippen molar-refractivity contribution in [2.45, 2.75) is 0 Å². The van der Waals surface area contributed by atoms with Gasteiger partial charge < -0.3 is 9.58 Å². The summed E-state index contributed by atoms with van der Waals surface area (Å²) in [5, 5.41) is 1.63. The second-order valence-electron chi connectivity index (χ2n) is 4.15. The van der Waals surface area contributed by atoms with Crippen molar-refractivity contribution in [3.63, 3.8) is 0 Å². The second-order valence-corrected chi connectivity index (χ2v) is 4.15. The molecule has 2 aromatic rings. The fourth-order valence-electron chi connectivity index (χ4n) is 1.86. The Labute approximate surface area is 102 Å². The summed E-state index contributed by atoms with van der Waals surface area (Å²) in [4.78, 5) is 36.1. The van der Waals surface area contributed by atoms with Gasteiger partial charge in [0.05, 0.1) is 10.9 Å². The number of nitrogens with zero attached hydrogens (tertiary/aromatic N) is 3. The second kappa shape index (κ2) is 4.14. The molecule has 0 radical (unpaired) electrons. The van der Waals surface area contributed by atoms with Crippen molar-refractivity contribution < 1.29 is 0 Å². The van der Waals surface area contributed by atoms with E-state index in [1.165, 1.54) is 30.7 Å². The van der Waals surface area contributed by atoms with Crippen molar-refractivity contribution in [3.05, 3.63) is 55.3 Å². The molecule has 0 aliphatic carbocycles. The van der Waals surface area contributed by atoms with Crippen LogP contribution in [-0.4, -0.2) is 23.3 Å². The van der Waals surface area contributed by atoms with E-state index in [1.807, 2.05) is 0 Å². The molecule has 0 amide bonds. The number of hydrogen-bond donors (Lipinski definition) is 0. The van der Waals surface area contributed by atoms with Crippen LogP contribution >= 0.6 is 0 Å². The number of aryl methyl sites for hydroxylation is 1. The van der Waals surface area contributed by atoms with Gasteiger partial charge in [-0.25, -0.2) is 0 Å². The molecule has 0 saturated carbocycles. The van der Waals surface area contributed by atoms with Crippen LogP contribution in [0.4, 0.5) is 0 Å². The third kappa shape index (κ3) is 1.62. The molecule has 0 unspecified atom stereocenters. The summed E-state index contributed by atoms with van der Waals surface area (Å²) in [5.74, 6) is 0. The highest BCUT2D eigenvalue weighted by Gasteiger charge is 2.11. The number of benzene rings is 1. The van der Waals surface area contributed by atoms with Crippen LogP contribution in [-0.2, 0) is 7.05 Å². The van der Waals surface area contributed by atoms with Gasteiger partial charge in [0.25, 0.3) is 5.56 Å². The van der Waals surface area contributed by atoms with E-state index in [0.29, 0.717) is 10.9 Å². The van der Waals surface area contributed by atoms with Crippen molar-refractivity contribution in [2.24, 2.45) is 7.05 Å². The van der Waals surface area contributed by atoms with Crippen LogP contribution in [0.1, 0.15) is 0 Å². The molecule has 0 aliphatic rings. The maximum absolute atomic E-state index is 12.3. The third-order valence-corrected chi connectivity index (χ3v) is 2.77. The van der Waals surface area contributed by atoms with Gasteiger partial charge in [-0.15, -0.1) is 0 Å². The van der Waals surface area contributed by atoms with E-state index in [2.05, 4.69) is 0 Å². The molecule has 0 aliphatic heterocycles. The van der Waals surface area contributed by atoms with E-state index in [1.54, 1.807) is 24.3 Å². The predicted octanol–water partition coefficient (Wildman–Crippen LogP) is -0.742. The van der Waals surface area contributed by atoms with Gasteiger partial charge in [0.15, 0.2) is 0 Å². The molecule has 2 rings (SSSR count). The highest BCUT2D eigenvalue weighted by Crippen LogP contribution is 2.04. The number of aromatic nitrogens is 2. The summed E-state index contributed by atoms with van der Waals surface area (Å²) in [6, 6.07) is 6.64. The van der Waals surface area contributed by atoms with E-state index in [9.17, 15) is 14.4 Å². The molecule has 0 atom stereocenters. The van der Waals surface area contributed by atoms with E-state index >= 15 is 0 Å². The number of hydrogen-bond acceptors (Lipinski definition) is 4. The van der Waals surface area contributed by atoms with Crippen LogP contribution in [0.5, 0.6) is 0 Å². The van der Waals surface area contributed by atoms with Gasteiger partial charge in [0.2, 0.25) is 0 Å². The Morgan fingerprint density at radius 2 is 1.56 bits per heavy atom. The molecule has 18 heavy (non-hydrogen) atoms. The first kappa shape index (κ1) is 12.1.